The zero-order chi connectivity index (χ0) is 16.9. The van der Waals surface area contributed by atoms with Crippen molar-refractivity contribution in [2.75, 3.05) is 88.4 Å². The van der Waals surface area contributed by atoms with Crippen molar-refractivity contribution in [3.05, 3.63) is 0 Å². The second-order valence-corrected chi connectivity index (χ2v) is 5.82. The lowest BCUT2D eigenvalue weighted by Gasteiger charge is -2.34. The normalized spacial score (nSPS) is 12.8. The lowest BCUT2D eigenvalue weighted by molar-refractivity contribution is -0.121. The van der Waals surface area contributed by atoms with Gasteiger partial charge in [-0.2, -0.15) is 0 Å². The van der Waals surface area contributed by atoms with E-state index in [0.717, 1.165) is 0 Å². The molecule has 0 amide bonds. The van der Waals surface area contributed by atoms with Crippen molar-refractivity contribution in [2.24, 2.45) is 10.8 Å². The molecule has 0 atom stereocenters. The summed E-state index contributed by atoms with van der Waals surface area (Å²) in [6, 6.07) is 0. The third-order valence-corrected chi connectivity index (χ3v) is 3.40. The maximum absolute atomic E-state index is 9.66. The highest BCUT2D eigenvalue weighted by molar-refractivity contribution is 4.82. The molecule has 7 nitrogen and oxygen atoms in total. The number of hydrogen-bond donors (Lipinski definition) is 1. The molecular formula is C15H32O7. The summed E-state index contributed by atoms with van der Waals surface area (Å²) in [4.78, 5) is 0. The Kier molecular flexibility index (Phi) is 12.0. The van der Waals surface area contributed by atoms with Crippen LogP contribution in [0.25, 0.3) is 0 Å². The van der Waals surface area contributed by atoms with E-state index in [0.29, 0.717) is 46.2 Å². The van der Waals surface area contributed by atoms with Crippen molar-refractivity contribution in [1.82, 2.24) is 0 Å². The molecule has 0 rings (SSSR count). The minimum Gasteiger partial charge on any atom is -0.396 e. The van der Waals surface area contributed by atoms with Gasteiger partial charge in [0, 0.05) is 35.5 Å². The second kappa shape index (κ2) is 12.2. The van der Waals surface area contributed by atoms with Crippen molar-refractivity contribution in [3.8, 4) is 0 Å². The first-order chi connectivity index (χ1) is 10.6. The van der Waals surface area contributed by atoms with Crippen LogP contribution in [-0.2, 0) is 28.4 Å². The molecule has 1 N–H and O–H groups in total. The van der Waals surface area contributed by atoms with Gasteiger partial charge in [-0.3, -0.25) is 0 Å². The molecule has 0 aliphatic rings. The summed E-state index contributed by atoms with van der Waals surface area (Å²) in [5, 5.41) is 9.66. The van der Waals surface area contributed by atoms with Gasteiger partial charge in [0.1, 0.15) is 0 Å². The molecule has 0 saturated heterocycles. The summed E-state index contributed by atoms with van der Waals surface area (Å²) in [6.07, 6.45) is 0. The first kappa shape index (κ1) is 21.7. The summed E-state index contributed by atoms with van der Waals surface area (Å²) in [5.41, 5.74) is -0.970. The minimum absolute atomic E-state index is 0.0828. The number of ether oxygens (including phenoxy) is 6. The van der Waals surface area contributed by atoms with Crippen LogP contribution >= 0.6 is 0 Å². The van der Waals surface area contributed by atoms with Gasteiger partial charge < -0.3 is 33.5 Å². The van der Waals surface area contributed by atoms with Gasteiger partial charge in [-0.1, -0.05) is 0 Å². The van der Waals surface area contributed by atoms with E-state index in [-0.39, 0.29) is 12.0 Å². The SMILES string of the molecule is COCC(CO)(COC)COCC(COC)(COC)COC. The molecule has 0 aliphatic heterocycles. The van der Waals surface area contributed by atoms with Crippen LogP contribution in [0.4, 0.5) is 0 Å². The summed E-state index contributed by atoms with van der Waals surface area (Å²) in [7, 11) is 8.08. The van der Waals surface area contributed by atoms with Gasteiger partial charge in [0.2, 0.25) is 0 Å². The first-order valence-electron chi connectivity index (χ1n) is 7.21. The minimum atomic E-state index is -0.581. The lowest BCUT2D eigenvalue weighted by atomic mass is 9.90. The van der Waals surface area contributed by atoms with Crippen LogP contribution in [0.2, 0.25) is 0 Å². The fourth-order valence-electron chi connectivity index (χ4n) is 2.53. The molecule has 0 bridgehead atoms. The van der Waals surface area contributed by atoms with Crippen molar-refractivity contribution in [1.29, 1.82) is 0 Å². The molecule has 0 aromatic heterocycles. The quantitative estimate of drug-likeness (QED) is 0.461. The van der Waals surface area contributed by atoms with Gasteiger partial charge in [-0.15, -0.1) is 0 Å². The monoisotopic (exact) mass is 324 g/mol. The highest BCUT2D eigenvalue weighted by Crippen LogP contribution is 2.23. The van der Waals surface area contributed by atoms with Gasteiger partial charge in [-0.25, -0.2) is 0 Å². The second-order valence-electron chi connectivity index (χ2n) is 5.82. The third kappa shape index (κ3) is 7.32. The lowest BCUT2D eigenvalue weighted by Crippen LogP contribution is -2.44. The average Bonchev–Trinajstić information content (AvgIpc) is 2.48. The van der Waals surface area contributed by atoms with Crippen LogP contribution in [0.3, 0.4) is 0 Å². The van der Waals surface area contributed by atoms with E-state index in [1.54, 1.807) is 35.5 Å². The first-order valence-corrected chi connectivity index (χ1v) is 7.21. The molecule has 0 aliphatic carbocycles. The zero-order valence-electron chi connectivity index (χ0n) is 14.6. The number of methoxy groups -OCH3 is 5. The largest absolute Gasteiger partial charge is 0.396 e. The van der Waals surface area contributed by atoms with Crippen LogP contribution in [0.5, 0.6) is 0 Å². The number of hydrogen-bond acceptors (Lipinski definition) is 7. The maximum Gasteiger partial charge on any atom is 0.0637 e. The summed E-state index contributed by atoms with van der Waals surface area (Å²) < 4.78 is 32.1. The van der Waals surface area contributed by atoms with Gasteiger partial charge in [-0.05, 0) is 0 Å². The van der Waals surface area contributed by atoms with E-state index in [4.69, 9.17) is 28.4 Å². The molecule has 0 aromatic carbocycles. The van der Waals surface area contributed by atoms with E-state index in [1.807, 2.05) is 0 Å². The summed E-state index contributed by atoms with van der Waals surface area (Å²) >= 11 is 0. The Labute approximate surface area is 133 Å². The van der Waals surface area contributed by atoms with E-state index >= 15 is 0 Å². The van der Waals surface area contributed by atoms with E-state index in [9.17, 15) is 5.11 Å². The van der Waals surface area contributed by atoms with E-state index < -0.39 is 5.41 Å². The Morgan fingerprint density at radius 3 is 1.18 bits per heavy atom. The molecule has 0 spiro atoms. The topological polar surface area (TPSA) is 75.6 Å². The molecular weight excluding hydrogens is 292 g/mol. The highest BCUT2D eigenvalue weighted by atomic mass is 16.5. The fraction of sp³-hybridized carbons (Fsp3) is 1.00. The standard InChI is InChI=1S/C15H32O7/c1-17-7-14(6-16,8-18-2)12-22-13-15(9-19-3,10-20-4)11-21-5/h16H,6-13H2,1-5H3. The predicted molar refractivity (Wildman–Crippen MR) is 82.2 cm³/mol. The van der Waals surface area contributed by atoms with Crippen LogP contribution in [-0.4, -0.2) is 93.5 Å². The van der Waals surface area contributed by atoms with Crippen molar-refractivity contribution in [2.45, 2.75) is 0 Å². The maximum atomic E-state index is 9.66. The Morgan fingerprint density at radius 1 is 0.545 bits per heavy atom. The van der Waals surface area contributed by atoms with Gasteiger partial charge >= 0.3 is 0 Å². The molecule has 0 radical (unpaired) electrons. The van der Waals surface area contributed by atoms with Crippen molar-refractivity contribution < 1.29 is 33.5 Å². The molecule has 7 heteroatoms. The Hall–Kier alpha value is -0.280. The molecule has 134 valence electrons. The van der Waals surface area contributed by atoms with Crippen LogP contribution in [0.15, 0.2) is 0 Å². The summed E-state index contributed by atoms with van der Waals surface area (Å²) in [6.45, 7) is 2.68. The highest BCUT2D eigenvalue weighted by Gasteiger charge is 2.35. The smallest absolute Gasteiger partial charge is 0.0637 e. The van der Waals surface area contributed by atoms with Crippen LogP contribution in [0.1, 0.15) is 0 Å². The van der Waals surface area contributed by atoms with Gasteiger partial charge in [0.25, 0.3) is 0 Å². The summed E-state index contributed by atoms with van der Waals surface area (Å²) in [5.74, 6) is 0. The number of rotatable bonds is 15. The molecule has 0 unspecified atom stereocenters. The predicted octanol–water partition coefficient (Wildman–Crippen LogP) is 0.200. The molecule has 0 fully saturated rings. The Bertz CT molecular complexity index is 237. The molecule has 0 heterocycles. The molecule has 0 saturated carbocycles. The van der Waals surface area contributed by atoms with E-state index in [2.05, 4.69) is 0 Å². The zero-order valence-corrected chi connectivity index (χ0v) is 14.6. The Morgan fingerprint density at radius 2 is 0.864 bits per heavy atom. The fourth-order valence-corrected chi connectivity index (χ4v) is 2.53. The van der Waals surface area contributed by atoms with Crippen molar-refractivity contribution >= 4 is 0 Å². The van der Waals surface area contributed by atoms with Crippen LogP contribution in [0, 0.1) is 10.8 Å². The van der Waals surface area contributed by atoms with Gasteiger partial charge in [0.05, 0.1) is 63.7 Å². The average molecular weight is 324 g/mol. The van der Waals surface area contributed by atoms with Gasteiger partial charge in [0.15, 0.2) is 0 Å². The van der Waals surface area contributed by atoms with E-state index in [1.165, 1.54) is 0 Å². The number of aliphatic hydroxyl groups is 1. The van der Waals surface area contributed by atoms with Crippen molar-refractivity contribution in [3.63, 3.8) is 0 Å². The molecule has 0 aromatic rings. The third-order valence-electron chi connectivity index (χ3n) is 3.40. The molecule has 22 heavy (non-hydrogen) atoms. The van der Waals surface area contributed by atoms with Crippen LogP contribution < -0.4 is 0 Å². The Balaban J connectivity index is 4.72. The number of aliphatic hydroxyl groups excluding tert-OH is 1.